The topological polar surface area (TPSA) is 105 Å². The van der Waals surface area contributed by atoms with Gasteiger partial charge in [0, 0.05) is 19.0 Å². The average Bonchev–Trinajstić information content (AvgIpc) is 3.62. The quantitative estimate of drug-likeness (QED) is 0.179. The molecule has 4 aromatic carbocycles. The maximum absolute atomic E-state index is 14.7. The fourth-order valence-electron chi connectivity index (χ4n) is 6.15. The first-order valence-corrected chi connectivity index (χ1v) is 17.6. The summed E-state index contributed by atoms with van der Waals surface area (Å²) in [6.45, 7) is 1.51. The summed E-state index contributed by atoms with van der Waals surface area (Å²) in [6, 6.07) is 29.1. The van der Waals surface area contributed by atoms with Crippen LogP contribution in [0.1, 0.15) is 42.4 Å². The number of amides is 2. The molecule has 0 saturated heterocycles. The largest absolute Gasteiger partial charge is 0.497 e. The van der Waals surface area contributed by atoms with Gasteiger partial charge in [0.25, 0.3) is 10.0 Å². The van der Waals surface area contributed by atoms with Gasteiger partial charge in [0.2, 0.25) is 11.8 Å². The lowest BCUT2D eigenvalue weighted by molar-refractivity contribution is -0.140. The number of anilines is 1. The van der Waals surface area contributed by atoms with Crippen molar-refractivity contribution in [2.24, 2.45) is 0 Å². The molecule has 0 radical (unpaired) electrons. The highest BCUT2D eigenvalue weighted by molar-refractivity contribution is 7.92. The van der Waals surface area contributed by atoms with Crippen LogP contribution in [0.5, 0.6) is 11.5 Å². The molecule has 1 N–H and O–H groups in total. The van der Waals surface area contributed by atoms with Crippen LogP contribution in [-0.4, -0.2) is 58.0 Å². The summed E-state index contributed by atoms with van der Waals surface area (Å²) in [7, 11) is -1.34. The van der Waals surface area contributed by atoms with E-state index in [1.165, 1.54) is 31.3 Å². The Bertz CT molecular complexity index is 1790. The molecule has 10 heteroatoms. The lowest BCUT2D eigenvalue weighted by Crippen LogP contribution is -2.54. The lowest BCUT2D eigenvalue weighted by Gasteiger charge is -2.34. The Hall–Kier alpha value is -4.83. The molecule has 5 rings (SSSR count). The molecule has 48 heavy (non-hydrogen) atoms. The van der Waals surface area contributed by atoms with Crippen LogP contribution in [0.2, 0.25) is 0 Å². The third-order valence-electron chi connectivity index (χ3n) is 8.69. The number of nitrogens with one attached hydrogen (secondary N) is 1. The van der Waals surface area contributed by atoms with E-state index in [0.29, 0.717) is 5.75 Å². The zero-order valence-electron chi connectivity index (χ0n) is 27.7. The number of carbonyl (C=O) groups is 2. The summed E-state index contributed by atoms with van der Waals surface area (Å²) in [4.78, 5) is 30.4. The van der Waals surface area contributed by atoms with Gasteiger partial charge in [-0.2, -0.15) is 0 Å². The molecule has 0 aliphatic heterocycles. The first kappa shape index (κ1) is 34.5. The van der Waals surface area contributed by atoms with Gasteiger partial charge in [-0.15, -0.1) is 0 Å². The Balaban J connectivity index is 1.59. The molecule has 0 bridgehead atoms. The molecule has 1 aliphatic carbocycles. The number of nitrogens with zero attached hydrogens (tertiary/aromatic N) is 2. The number of carbonyl (C=O) groups excluding carboxylic acids is 2. The molecule has 4 aromatic rings. The van der Waals surface area contributed by atoms with Gasteiger partial charge in [0.1, 0.15) is 24.1 Å². The van der Waals surface area contributed by atoms with Crippen LogP contribution in [-0.2, 0) is 32.6 Å². The number of rotatable bonds is 14. The minimum absolute atomic E-state index is 0.0212. The normalized spacial score (nSPS) is 13.8. The van der Waals surface area contributed by atoms with Crippen LogP contribution in [0.25, 0.3) is 0 Å². The van der Waals surface area contributed by atoms with E-state index < -0.39 is 28.5 Å². The third kappa shape index (κ3) is 8.36. The maximum atomic E-state index is 14.7. The van der Waals surface area contributed by atoms with Crippen molar-refractivity contribution >= 4 is 27.5 Å². The van der Waals surface area contributed by atoms with E-state index in [0.717, 1.165) is 46.7 Å². The first-order chi connectivity index (χ1) is 23.2. The van der Waals surface area contributed by atoms with Crippen LogP contribution >= 0.6 is 0 Å². The number of hydrogen-bond donors (Lipinski definition) is 1. The van der Waals surface area contributed by atoms with Crippen molar-refractivity contribution < 1.29 is 27.5 Å². The summed E-state index contributed by atoms with van der Waals surface area (Å²) in [5, 5.41) is 3.21. The first-order valence-electron chi connectivity index (χ1n) is 16.2. The summed E-state index contributed by atoms with van der Waals surface area (Å²) >= 11 is 0. The Morgan fingerprint density at radius 3 is 2.17 bits per heavy atom. The van der Waals surface area contributed by atoms with Crippen molar-refractivity contribution in [3.63, 3.8) is 0 Å². The number of para-hydroxylation sites is 2. The Kier molecular flexibility index (Phi) is 11.4. The van der Waals surface area contributed by atoms with E-state index in [2.05, 4.69) is 5.32 Å². The second kappa shape index (κ2) is 15.8. The zero-order valence-corrected chi connectivity index (χ0v) is 28.5. The van der Waals surface area contributed by atoms with Crippen molar-refractivity contribution in [3.8, 4) is 11.5 Å². The molecule has 0 heterocycles. The molecule has 1 fully saturated rings. The van der Waals surface area contributed by atoms with Crippen molar-refractivity contribution in [2.45, 2.75) is 62.6 Å². The van der Waals surface area contributed by atoms with Crippen molar-refractivity contribution in [3.05, 3.63) is 120 Å². The van der Waals surface area contributed by atoms with Gasteiger partial charge in [-0.3, -0.25) is 13.9 Å². The van der Waals surface area contributed by atoms with E-state index in [9.17, 15) is 18.0 Å². The minimum Gasteiger partial charge on any atom is -0.497 e. The van der Waals surface area contributed by atoms with E-state index >= 15 is 0 Å². The third-order valence-corrected chi connectivity index (χ3v) is 10.5. The number of hydrogen-bond acceptors (Lipinski definition) is 6. The SMILES string of the molecule is COc1ccc(S(=O)(=O)N(CC(=O)N(Cc2cccc(C)c2)[C@@H](Cc2ccccc2)C(=O)NC2CCCC2)c2ccccc2OC)cc1. The van der Waals surface area contributed by atoms with E-state index in [1.54, 1.807) is 36.4 Å². The average molecular weight is 670 g/mol. The van der Waals surface area contributed by atoms with E-state index in [-0.39, 0.29) is 41.2 Å². The molecule has 2 amide bonds. The highest BCUT2D eigenvalue weighted by Crippen LogP contribution is 2.33. The second-order valence-electron chi connectivity index (χ2n) is 12.1. The lowest BCUT2D eigenvalue weighted by atomic mass is 10.0. The van der Waals surface area contributed by atoms with Crippen molar-refractivity contribution in [2.75, 3.05) is 25.1 Å². The molecule has 1 saturated carbocycles. The van der Waals surface area contributed by atoms with Gasteiger partial charge < -0.3 is 19.7 Å². The predicted molar refractivity (Wildman–Crippen MR) is 187 cm³/mol. The van der Waals surface area contributed by atoms with E-state index in [4.69, 9.17) is 9.47 Å². The summed E-state index contributed by atoms with van der Waals surface area (Å²) < 4.78 is 40.6. The standard InChI is InChI=1S/C38H43N3O6S/c1-28-12-11-15-30(24-28)26-40(35(25-29-13-5-4-6-14-29)38(43)39-31-16-7-8-17-31)37(42)27-41(34-18-9-10-19-36(34)47-3)48(44,45)33-22-20-32(46-2)21-23-33/h4-6,9-15,18-24,31,35H,7-8,16-17,25-27H2,1-3H3,(H,39,43)/t35-/m0/s1. The van der Waals surface area contributed by atoms with Gasteiger partial charge in [-0.25, -0.2) is 8.42 Å². The molecule has 252 valence electrons. The van der Waals surface area contributed by atoms with Crippen LogP contribution in [0, 0.1) is 6.92 Å². The van der Waals surface area contributed by atoms with E-state index in [1.807, 2.05) is 61.5 Å². The highest BCUT2D eigenvalue weighted by atomic mass is 32.2. The summed E-state index contributed by atoms with van der Waals surface area (Å²) in [5.74, 6) is -0.00160. The predicted octanol–water partition coefficient (Wildman–Crippen LogP) is 5.91. The molecule has 1 aliphatic rings. The number of methoxy groups -OCH3 is 2. The number of ether oxygens (including phenoxy) is 2. The minimum atomic E-state index is -4.29. The Morgan fingerprint density at radius 1 is 0.833 bits per heavy atom. The van der Waals surface area contributed by atoms with Crippen molar-refractivity contribution in [1.29, 1.82) is 0 Å². The molecule has 0 unspecified atom stereocenters. The van der Waals surface area contributed by atoms with Crippen LogP contribution in [0.4, 0.5) is 5.69 Å². The number of aryl methyl sites for hydroxylation is 1. The Morgan fingerprint density at radius 2 is 1.50 bits per heavy atom. The van der Waals surface area contributed by atoms with Crippen LogP contribution in [0.3, 0.4) is 0 Å². The van der Waals surface area contributed by atoms with Gasteiger partial charge in [-0.05, 0) is 67.3 Å². The van der Waals surface area contributed by atoms with Gasteiger partial charge in [0.05, 0.1) is 24.8 Å². The molecular weight excluding hydrogens is 627 g/mol. The van der Waals surface area contributed by atoms with Gasteiger partial charge in [-0.1, -0.05) is 85.1 Å². The smallest absolute Gasteiger partial charge is 0.264 e. The molecular formula is C38H43N3O6S. The highest BCUT2D eigenvalue weighted by Gasteiger charge is 2.36. The molecule has 0 aromatic heterocycles. The molecule has 9 nitrogen and oxygen atoms in total. The number of sulfonamides is 1. The zero-order chi connectivity index (χ0) is 34.1. The maximum Gasteiger partial charge on any atom is 0.264 e. The molecule has 1 atom stereocenters. The second-order valence-corrected chi connectivity index (χ2v) is 13.9. The fraction of sp³-hybridized carbons (Fsp3) is 0.316. The van der Waals surface area contributed by atoms with Crippen LogP contribution in [0.15, 0.2) is 108 Å². The number of benzene rings is 4. The molecule has 0 spiro atoms. The van der Waals surface area contributed by atoms with Crippen LogP contribution < -0.4 is 19.1 Å². The van der Waals surface area contributed by atoms with Crippen molar-refractivity contribution in [1.82, 2.24) is 10.2 Å². The van der Waals surface area contributed by atoms with Gasteiger partial charge >= 0.3 is 0 Å². The summed E-state index contributed by atoms with van der Waals surface area (Å²) in [6.07, 6.45) is 4.11. The summed E-state index contributed by atoms with van der Waals surface area (Å²) in [5.41, 5.74) is 2.93. The fourth-order valence-corrected chi connectivity index (χ4v) is 7.58. The monoisotopic (exact) mass is 669 g/mol. The Labute approximate surface area is 283 Å². The van der Waals surface area contributed by atoms with Gasteiger partial charge in [0.15, 0.2) is 0 Å².